The van der Waals surface area contributed by atoms with Crippen LogP contribution in [-0.4, -0.2) is 58.2 Å². The zero-order valence-electron chi connectivity index (χ0n) is 16.4. The number of benzene rings is 1. The number of thioether (sulfide) groups is 1. The van der Waals surface area contributed by atoms with Gasteiger partial charge in [-0.05, 0) is 24.6 Å². The summed E-state index contributed by atoms with van der Waals surface area (Å²) in [6.07, 6.45) is 2.04. The Morgan fingerprint density at radius 3 is 2.73 bits per heavy atom. The highest BCUT2D eigenvalue weighted by Gasteiger charge is 2.35. The van der Waals surface area contributed by atoms with Crippen LogP contribution < -0.4 is 0 Å². The summed E-state index contributed by atoms with van der Waals surface area (Å²) < 4.78 is 10.6. The van der Waals surface area contributed by atoms with Crippen molar-refractivity contribution < 1.29 is 23.5 Å². The standard InChI is InChI=1S/C21H21N3O5S/c1-14-4-6-15(7-5-14)16-11-17(18-3-2-9-28-18)24(22-16)19(25)13-29-20(26)12-23-8-10-30-21(23)27/h2-7,9,17H,8,10-13H2,1H3/t17-/m0/s1. The van der Waals surface area contributed by atoms with Crippen molar-refractivity contribution in [3.05, 3.63) is 59.5 Å². The van der Waals surface area contributed by atoms with Crippen molar-refractivity contribution in [2.45, 2.75) is 19.4 Å². The number of hydrazone groups is 1. The summed E-state index contributed by atoms with van der Waals surface area (Å²) in [4.78, 5) is 37.9. The average molecular weight is 427 g/mol. The fourth-order valence-corrected chi connectivity index (χ4v) is 4.17. The lowest BCUT2D eigenvalue weighted by atomic mass is 10.0. The van der Waals surface area contributed by atoms with Gasteiger partial charge in [-0.1, -0.05) is 41.6 Å². The molecule has 0 N–H and O–H groups in total. The van der Waals surface area contributed by atoms with Crippen molar-refractivity contribution >= 4 is 34.6 Å². The molecule has 30 heavy (non-hydrogen) atoms. The quantitative estimate of drug-likeness (QED) is 0.658. The maximum absolute atomic E-state index is 12.8. The lowest BCUT2D eigenvalue weighted by Crippen LogP contribution is -2.35. The normalized spacial score (nSPS) is 18.6. The van der Waals surface area contributed by atoms with E-state index in [0.29, 0.717) is 24.5 Å². The molecule has 9 heteroatoms. The van der Waals surface area contributed by atoms with E-state index in [0.717, 1.165) is 16.8 Å². The number of amides is 2. The SMILES string of the molecule is Cc1ccc(C2=NN(C(=O)COC(=O)CN3CCSC3=O)[C@H](c3ccco3)C2)cc1. The molecule has 0 unspecified atom stereocenters. The molecule has 1 atom stereocenters. The summed E-state index contributed by atoms with van der Waals surface area (Å²) in [5.41, 5.74) is 2.82. The highest BCUT2D eigenvalue weighted by molar-refractivity contribution is 8.13. The predicted molar refractivity (Wildman–Crippen MR) is 111 cm³/mol. The molecule has 1 fully saturated rings. The van der Waals surface area contributed by atoms with Gasteiger partial charge in [-0.25, -0.2) is 5.01 Å². The zero-order chi connectivity index (χ0) is 21.1. The molecule has 0 saturated carbocycles. The van der Waals surface area contributed by atoms with Gasteiger partial charge in [-0.3, -0.25) is 14.4 Å². The van der Waals surface area contributed by atoms with E-state index in [1.165, 1.54) is 21.7 Å². The first-order valence-electron chi connectivity index (χ1n) is 9.58. The van der Waals surface area contributed by atoms with Gasteiger partial charge in [0, 0.05) is 18.7 Å². The third-order valence-electron chi connectivity index (χ3n) is 4.94. The average Bonchev–Trinajstić information content (AvgIpc) is 3.48. The van der Waals surface area contributed by atoms with E-state index in [-0.39, 0.29) is 11.8 Å². The van der Waals surface area contributed by atoms with E-state index in [9.17, 15) is 14.4 Å². The minimum atomic E-state index is -0.615. The number of carbonyl (C=O) groups is 3. The number of esters is 1. The molecule has 156 valence electrons. The maximum Gasteiger partial charge on any atom is 0.326 e. The van der Waals surface area contributed by atoms with Crippen molar-refractivity contribution in [1.29, 1.82) is 0 Å². The number of carbonyl (C=O) groups excluding carboxylic acids is 3. The molecule has 3 heterocycles. The van der Waals surface area contributed by atoms with Gasteiger partial charge in [0.2, 0.25) is 0 Å². The topological polar surface area (TPSA) is 92.4 Å². The zero-order valence-corrected chi connectivity index (χ0v) is 17.3. The van der Waals surface area contributed by atoms with Crippen molar-refractivity contribution in [3.8, 4) is 0 Å². The van der Waals surface area contributed by atoms with Crippen molar-refractivity contribution in [2.24, 2.45) is 5.10 Å². The minimum Gasteiger partial charge on any atom is -0.467 e. The number of ether oxygens (including phenoxy) is 1. The van der Waals surface area contributed by atoms with Crippen LogP contribution in [0.2, 0.25) is 0 Å². The van der Waals surface area contributed by atoms with Crippen LogP contribution >= 0.6 is 11.8 Å². The molecule has 8 nitrogen and oxygen atoms in total. The van der Waals surface area contributed by atoms with E-state index in [1.807, 2.05) is 31.2 Å². The minimum absolute atomic E-state index is 0.150. The molecule has 0 aliphatic carbocycles. The van der Waals surface area contributed by atoms with Crippen molar-refractivity contribution in [2.75, 3.05) is 25.4 Å². The highest BCUT2D eigenvalue weighted by Crippen LogP contribution is 2.33. The third kappa shape index (κ3) is 4.40. The summed E-state index contributed by atoms with van der Waals surface area (Å²) in [5.74, 6) is 0.199. The summed E-state index contributed by atoms with van der Waals surface area (Å²) >= 11 is 1.17. The first-order chi connectivity index (χ1) is 14.5. The van der Waals surface area contributed by atoms with E-state index in [2.05, 4.69) is 5.10 Å². The second kappa shape index (κ2) is 8.74. The van der Waals surface area contributed by atoms with Crippen LogP contribution in [0.5, 0.6) is 0 Å². The van der Waals surface area contributed by atoms with Crippen LogP contribution in [0.25, 0.3) is 0 Å². The largest absolute Gasteiger partial charge is 0.467 e. The summed E-state index contributed by atoms with van der Waals surface area (Å²) in [6, 6.07) is 11.1. The Bertz CT molecular complexity index is 971. The van der Waals surface area contributed by atoms with Crippen LogP contribution in [-0.2, 0) is 14.3 Å². The molecule has 1 aromatic carbocycles. The Balaban J connectivity index is 1.44. The van der Waals surface area contributed by atoms with Crippen LogP contribution in [0.1, 0.15) is 29.3 Å². The smallest absolute Gasteiger partial charge is 0.326 e. The first kappa shape index (κ1) is 20.2. The second-order valence-corrected chi connectivity index (χ2v) is 8.13. The molecule has 2 amide bonds. The Morgan fingerprint density at radius 2 is 2.07 bits per heavy atom. The molecule has 2 aliphatic heterocycles. The van der Waals surface area contributed by atoms with E-state index in [1.54, 1.807) is 18.4 Å². The Morgan fingerprint density at radius 1 is 1.27 bits per heavy atom. The molecule has 0 bridgehead atoms. The van der Waals surface area contributed by atoms with E-state index in [4.69, 9.17) is 9.15 Å². The van der Waals surface area contributed by atoms with Gasteiger partial charge in [-0.15, -0.1) is 0 Å². The maximum atomic E-state index is 12.8. The lowest BCUT2D eigenvalue weighted by molar-refractivity contribution is -0.153. The van der Waals surface area contributed by atoms with Gasteiger partial charge in [0.15, 0.2) is 6.61 Å². The van der Waals surface area contributed by atoms with Crippen LogP contribution in [0.4, 0.5) is 4.79 Å². The summed E-state index contributed by atoms with van der Waals surface area (Å²) in [7, 11) is 0. The van der Waals surface area contributed by atoms with Crippen molar-refractivity contribution in [1.82, 2.24) is 9.91 Å². The number of aryl methyl sites for hydroxylation is 1. The number of rotatable bonds is 6. The Labute approximate surface area is 177 Å². The lowest BCUT2D eigenvalue weighted by Gasteiger charge is -2.20. The fourth-order valence-electron chi connectivity index (χ4n) is 3.34. The predicted octanol–water partition coefficient (Wildman–Crippen LogP) is 2.98. The number of hydrogen-bond acceptors (Lipinski definition) is 7. The third-order valence-corrected chi connectivity index (χ3v) is 5.84. The highest BCUT2D eigenvalue weighted by atomic mass is 32.2. The molecule has 1 saturated heterocycles. The molecule has 2 aliphatic rings. The number of hydrogen-bond donors (Lipinski definition) is 0. The molecular weight excluding hydrogens is 406 g/mol. The van der Waals surface area contributed by atoms with Crippen molar-refractivity contribution in [3.63, 3.8) is 0 Å². The monoisotopic (exact) mass is 427 g/mol. The Kier molecular flexibility index (Phi) is 5.89. The fraction of sp³-hybridized carbons (Fsp3) is 0.333. The van der Waals surface area contributed by atoms with Crippen LogP contribution in [0.15, 0.2) is 52.2 Å². The van der Waals surface area contributed by atoms with Gasteiger partial charge in [0.1, 0.15) is 18.3 Å². The molecule has 2 aromatic rings. The van der Waals surface area contributed by atoms with Crippen LogP contribution in [0, 0.1) is 6.92 Å². The van der Waals surface area contributed by atoms with E-state index >= 15 is 0 Å². The van der Waals surface area contributed by atoms with E-state index < -0.39 is 24.5 Å². The van der Waals surface area contributed by atoms with Crippen LogP contribution in [0.3, 0.4) is 0 Å². The molecule has 0 radical (unpaired) electrons. The molecule has 4 rings (SSSR count). The van der Waals surface area contributed by atoms with Gasteiger partial charge in [0.05, 0.1) is 12.0 Å². The van der Waals surface area contributed by atoms with Gasteiger partial charge in [-0.2, -0.15) is 5.10 Å². The molecule has 1 aromatic heterocycles. The molecular formula is C21H21N3O5S. The summed E-state index contributed by atoms with van der Waals surface area (Å²) in [6.45, 7) is 1.91. The van der Waals surface area contributed by atoms with Gasteiger partial charge in [0.25, 0.3) is 11.1 Å². The number of nitrogens with zero attached hydrogens (tertiary/aromatic N) is 3. The first-order valence-corrected chi connectivity index (χ1v) is 10.6. The van der Waals surface area contributed by atoms with Gasteiger partial charge >= 0.3 is 5.97 Å². The molecule has 0 spiro atoms. The Hall–Kier alpha value is -3.07. The second-order valence-electron chi connectivity index (χ2n) is 7.08. The number of furan rings is 1. The summed E-state index contributed by atoms with van der Waals surface area (Å²) in [5, 5.41) is 5.67. The van der Waals surface area contributed by atoms with Gasteiger partial charge < -0.3 is 14.1 Å².